The summed E-state index contributed by atoms with van der Waals surface area (Å²) in [6.07, 6.45) is 0. The topological polar surface area (TPSA) is 155 Å². The molecular formula is C2H3NO8S2. The molecule has 0 saturated heterocycles. The van der Waals surface area contributed by atoms with Gasteiger partial charge in [-0.1, -0.05) is 4.13 Å². The summed E-state index contributed by atoms with van der Waals surface area (Å²) in [5, 5.41) is 10.8. The van der Waals surface area contributed by atoms with Crippen LogP contribution in [0.2, 0.25) is 0 Å². The Morgan fingerprint density at radius 2 is 1.08 bits per heavy atom. The second kappa shape index (κ2) is 3.27. The molecule has 0 fully saturated rings. The van der Waals surface area contributed by atoms with Crippen molar-refractivity contribution < 1.29 is 36.6 Å². The SMILES string of the molecule is O=C(O)S(=O)(=O)NS(=O)(=O)C(=O)O. The van der Waals surface area contributed by atoms with Gasteiger partial charge in [-0.3, -0.25) is 0 Å². The van der Waals surface area contributed by atoms with E-state index in [4.69, 9.17) is 10.2 Å². The predicted octanol–water partition coefficient (Wildman–Crippen LogP) is -1.41. The van der Waals surface area contributed by atoms with Gasteiger partial charge in [-0.2, -0.15) is 16.8 Å². The van der Waals surface area contributed by atoms with Crippen molar-refractivity contribution in [1.82, 2.24) is 4.13 Å². The van der Waals surface area contributed by atoms with Crippen molar-refractivity contribution in [2.24, 2.45) is 0 Å². The van der Waals surface area contributed by atoms with Gasteiger partial charge in [-0.25, -0.2) is 9.59 Å². The van der Waals surface area contributed by atoms with E-state index in [1.165, 1.54) is 0 Å². The molecule has 0 bridgehead atoms. The van der Waals surface area contributed by atoms with Crippen LogP contribution in [-0.2, 0) is 20.0 Å². The van der Waals surface area contributed by atoms with Crippen molar-refractivity contribution in [1.29, 1.82) is 0 Å². The maximum Gasteiger partial charge on any atom is 0.438 e. The van der Waals surface area contributed by atoms with Gasteiger partial charge in [0.25, 0.3) is 0 Å². The molecule has 0 rings (SSSR count). The van der Waals surface area contributed by atoms with E-state index in [1.807, 2.05) is 0 Å². The molecule has 11 heteroatoms. The molecule has 13 heavy (non-hydrogen) atoms. The van der Waals surface area contributed by atoms with E-state index in [0.717, 1.165) is 0 Å². The third-order valence-electron chi connectivity index (χ3n) is 0.679. The van der Waals surface area contributed by atoms with Gasteiger partial charge in [0.05, 0.1) is 0 Å². The maximum atomic E-state index is 10.3. The highest BCUT2D eigenvalue weighted by atomic mass is 32.3. The first-order valence-corrected chi connectivity index (χ1v) is 5.30. The van der Waals surface area contributed by atoms with Crippen LogP contribution < -0.4 is 4.13 Å². The summed E-state index contributed by atoms with van der Waals surface area (Å²) < 4.78 is 41.7. The lowest BCUT2D eigenvalue weighted by Crippen LogP contribution is -2.38. The Morgan fingerprint density at radius 3 is 1.23 bits per heavy atom. The monoisotopic (exact) mass is 233 g/mol. The summed E-state index contributed by atoms with van der Waals surface area (Å²) in [7, 11) is -10.4. The van der Waals surface area contributed by atoms with E-state index in [2.05, 4.69) is 0 Å². The molecule has 3 N–H and O–H groups in total. The summed E-state index contributed by atoms with van der Waals surface area (Å²) >= 11 is 0. The van der Waals surface area contributed by atoms with Crippen LogP contribution in [0.5, 0.6) is 0 Å². The first-order chi connectivity index (χ1) is 5.59. The number of carbonyl (C=O) groups is 2. The van der Waals surface area contributed by atoms with Crippen molar-refractivity contribution in [3.05, 3.63) is 0 Å². The van der Waals surface area contributed by atoms with Gasteiger partial charge in [0.2, 0.25) is 0 Å². The zero-order chi connectivity index (χ0) is 10.9. The molecule has 0 saturated carbocycles. The Labute approximate surface area is 72.1 Å². The molecular weight excluding hydrogens is 230 g/mol. The largest absolute Gasteiger partial charge is 0.469 e. The second-order valence-corrected chi connectivity index (χ2v) is 5.00. The number of nitrogens with one attached hydrogen (secondary N) is 1. The molecule has 0 atom stereocenters. The van der Waals surface area contributed by atoms with Gasteiger partial charge in [0.1, 0.15) is 0 Å². The average molecular weight is 233 g/mol. The first kappa shape index (κ1) is 11.8. The van der Waals surface area contributed by atoms with Crippen LogP contribution >= 0.6 is 0 Å². The molecule has 76 valence electrons. The number of rotatable bonds is 2. The third-order valence-corrected chi connectivity index (χ3v) is 3.35. The van der Waals surface area contributed by atoms with Gasteiger partial charge in [0.15, 0.2) is 0 Å². The summed E-state index contributed by atoms with van der Waals surface area (Å²) in [6.45, 7) is 0. The van der Waals surface area contributed by atoms with Crippen LogP contribution in [0.3, 0.4) is 0 Å². The summed E-state index contributed by atoms with van der Waals surface area (Å²) in [6, 6.07) is 0. The molecule has 0 aliphatic rings. The Hall–Kier alpha value is -1.20. The molecule has 0 radical (unpaired) electrons. The Balaban J connectivity index is 5.08. The van der Waals surface area contributed by atoms with Crippen molar-refractivity contribution in [2.75, 3.05) is 0 Å². The molecule has 0 spiro atoms. The molecule has 0 aliphatic heterocycles. The van der Waals surface area contributed by atoms with E-state index in [1.54, 1.807) is 0 Å². The summed E-state index contributed by atoms with van der Waals surface area (Å²) in [5.74, 6) is 0. The Kier molecular flexibility index (Phi) is 2.97. The lowest BCUT2D eigenvalue weighted by molar-refractivity contribution is 0.219. The first-order valence-electron chi connectivity index (χ1n) is 2.34. The van der Waals surface area contributed by atoms with Gasteiger partial charge in [-0.05, 0) is 0 Å². The smallest absolute Gasteiger partial charge is 0.438 e. The standard InChI is InChI=1S/C2H3NO8S2/c4-1(5)12(8,9)3-13(10,11)2(6)7/h3H,(H,4,5)(H,6,7). The van der Waals surface area contributed by atoms with Gasteiger partial charge in [-0.15, -0.1) is 0 Å². The highest BCUT2D eigenvalue weighted by Gasteiger charge is 2.32. The van der Waals surface area contributed by atoms with E-state index in [0.29, 0.717) is 4.13 Å². The zero-order valence-electron chi connectivity index (χ0n) is 5.66. The number of sulfonamides is 2. The predicted molar refractivity (Wildman–Crippen MR) is 37.0 cm³/mol. The Bertz CT molecular complexity index is 385. The Morgan fingerprint density at radius 1 is 0.846 bits per heavy atom. The van der Waals surface area contributed by atoms with Gasteiger partial charge < -0.3 is 10.2 Å². The second-order valence-electron chi connectivity index (χ2n) is 1.62. The van der Waals surface area contributed by atoms with Crippen molar-refractivity contribution in [2.45, 2.75) is 0 Å². The minimum Gasteiger partial charge on any atom is -0.469 e. The van der Waals surface area contributed by atoms with E-state index in [-0.39, 0.29) is 0 Å². The van der Waals surface area contributed by atoms with Crippen molar-refractivity contribution in [3.8, 4) is 0 Å². The van der Waals surface area contributed by atoms with Crippen molar-refractivity contribution in [3.63, 3.8) is 0 Å². The number of carboxylic acid groups (broad SMARTS) is 2. The quantitative estimate of drug-likeness (QED) is 0.525. The van der Waals surface area contributed by atoms with Crippen LogP contribution in [-0.4, -0.2) is 37.7 Å². The molecule has 0 amide bonds. The fourth-order valence-electron chi connectivity index (χ4n) is 0.216. The molecule has 9 nitrogen and oxygen atoms in total. The van der Waals surface area contributed by atoms with E-state index >= 15 is 0 Å². The maximum absolute atomic E-state index is 10.3. The molecule has 0 aromatic rings. The van der Waals surface area contributed by atoms with Gasteiger partial charge >= 0.3 is 30.6 Å². The minimum absolute atomic E-state index is 0.477. The van der Waals surface area contributed by atoms with Crippen LogP contribution in [0.15, 0.2) is 0 Å². The van der Waals surface area contributed by atoms with Crippen LogP contribution in [0, 0.1) is 0 Å². The number of hydrogen-bond donors (Lipinski definition) is 3. The fraction of sp³-hybridized carbons (Fsp3) is 0. The van der Waals surface area contributed by atoms with E-state index < -0.39 is 30.6 Å². The van der Waals surface area contributed by atoms with E-state index in [9.17, 15) is 26.4 Å². The molecule has 0 heterocycles. The highest BCUT2D eigenvalue weighted by molar-refractivity contribution is 8.17. The highest BCUT2D eigenvalue weighted by Crippen LogP contribution is 1.93. The molecule has 0 aromatic carbocycles. The van der Waals surface area contributed by atoms with Crippen molar-refractivity contribution >= 4 is 30.6 Å². The molecule has 0 aromatic heterocycles. The average Bonchev–Trinajstić information content (AvgIpc) is 1.83. The number of hydrogen-bond acceptors (Lipinski definition) is 6. The zero-order valence-corrected chi connectivity index (χ0v) is 7.29. The van der Waals surface area contributed by atoms with Crippen LogP contribution in [0.4, 0.5) is 9.59 Å². The van der Waals surface area contributed by atoms with Crippen LogP contribution in [0.1, 0.15) is 0 Å². The third kappa shape index (κ3) is 2.96. The summed E-state index contributed by atoms with van der Waals surface area (Å²) in [5.41, 5.74) is 0. The fourth-order valence-corrected chi connectivity index (χ4v) is 1.94. The lowest BCUT2D eigenvalue weighted by atomic mass is 11.6. The van der Waals surface area contributed by atoms with Crippen LogP contribution in [0.25, 0.3) is 0 Å². The molecule has 0 unspecified atom stereocenters. The normalized spacial score (nSPS) is 12.3. The molecule has 0 aliphatic carbocycles. The minimum atomic E-state index is -5.20. The van der Waals surface area contributed by atoms with Gasteiger partial charge in [0, 0.05) is 0 Å². The lowest BCUT2D eigenvalue weighted by Gasteiger charge is -1.98. The summed E-state index contributed by atoms with van der Waals surface area (Å²) in [4.78, 5) is 19.6.